The first-order chi connectivity index (χ1) is 8.59. The van der Waals surface area contributed by atoms with E-state index in [1.807, 2.05) is 19.1 Å². The predicted octanol–water partition coefficient (Wildman–Crippen LogP) is 2.51. The summed E-state index contributed by atoms with van der Waals surface area (Å²) in [4.78, 5) is 0. The summed E-state index contributed by atoms with van der Waals surface area (Å²) in [5.41, 5.74) is 8.25. The number of nitrogens with zero attached hydrogens (tertiary/aromatic N) is 1. The van der Waals surface area contributed by atoms with Crippen LogP contribution < -0.4 is 10.0 Å². The van der Waals surface area contributed by atoms with E-state index in [0.717, 1.165) is 5.56 Å². The van der Waals surface area contributed by atoms with Crippen LogP contribution >= 0.6 is 0 Å². The Morgan fingerprint density at radius 3 is 2.50 bits per heavy atom. The minimum absolute atomic E-state index is 0.420. The summed E-state index contributed by atoms with van der Waals surface area (Å²) < 4.78 is 24.1. The van der Waals surface area contributed by atoms with Crippen molar-refractivity contribution >= 4 is 28.3 Å². The van der Waals surface area contributed by atoms with Gasteiger partial charge in [-0.2, -0.15) is 0 Å². The molecule has 2 aromatic carbocycles. The molecule has 4 nitrogen and oxygen atoms in total. The number of nitrogen functional groups attached to an aromatic ring is 1. The predicted molar refractivity (Wildman–Crippen MR) is 73.1 cm³/mol. The highest BCUT2D eigenvalue weighted by atomic mass is 32.2. The van der Waals surface area contributed by atoms with Gasteiger partial charge in [0.15, 0.2) is 0 Å². The zero-order valence-electron chi connectivity index (χ0n) is 9.87. The number of anilines is 3. The summed E-state index contributed by atoms with van der Waals surface area (Å²) in [5.74, 6) is 0. The van der Waals surface area contributed by atoms with Gasteiger partial charge in [0.25, 0.3) is 0 Å². The van der Waals surface area contributed by atoms with E-state index in [1.165, 1.54) is 4.31 Å². The topological polar surface area (TPSA) is 69.4 Å². The highest BCUT2D eigenvalue weighted by Crippen LogP contribution is 2.31. The van der Waals surface area contributed by atoms with Crippen molar-refractivity contribution in [2.45, 2.75) is 6.92 Å². The first-order valence-corrected chi connectivity index (χ1v) is 6.43. The van der Waals surface area contributed by atoms with E-state index in [2.05, 4.69) is 0 Å². The normalized spacial score (nSPS) is 12.1. The molecule has 0 amide bonds. The number of hydrogen-bond donors (Lipinski definition) is 1. The molecule has 0 aliphatic carbocycles. The summed E-state index contributed by atoms with van der Waals surface area (Å²) in [5, 5.41) is 0. The molecule has 0 saturated heterocycles. The Balaban J connectivity index is 2.54. The molecule has 2 N–H and O–H groups in total. The maximum atomic E-state index is 11.4. The van der Waals surface area contributed by atoms with Crippen LogP contribution in [-0.2, 0) is 11.3 Å². The second kappa shape index (κ2) is 5.20. The standard InChI is InChI=1S/C13H14N2O2S/c1-10-5-4-6-11(9-10)15(18(16)17)13-8-3-2-7-12(13)14/h2-9H,14H2,1H3,(H,16,17)/p-1. The Bertz CT molecular complexity index is 587. The second-order valence-electron chi connectivity index (χ2n) is 3.91. The van der Waals surface area contributed by atoms with Crippen LogP contribution in [0.5, 0.6) is 0 Å². The lowest BCUT2D eigenvalue weighted by molar-refractivity contribution is 0.537. The van der Waals surface area contributed by atoms with Crippen molar-refractivity contribution in [3.05, 3.63) is 54.1 Å². The van der Waals surface area contributed by atoms with Gasteiger partial charge in [0.1, 0.15) is 0 Å². The largest absolute Gasteiger partial charge is 0.755 e. The first kappa shape index (κ1) is 12.6. The number of para-hydroxylation sites is 2. The fourth-order valence-corrected chi connectivity index (χ4v) is 2.34. The van der Waals surface area contributed by atoms with Crippen molar-refractivity contribution < 1.29 is 8.76 Å². The van der Waals surface area contributed by atoms with Gasteiger partial charge in [0.05, 0.1) is 28.3 Å². The maximum Gasteiger partial charge on any atom is 0.0767 e. The van der Waals surface area contributed by atoms with Crippen LogP contribution in [0.1, 0.15) is 5.56 Å². The molecule has 2 aromatic rings. The van der Waals surface area contributed by atoms with Crippen molar-refractivity contribution in [3.63, 3.8) is 0 Å². The van der Waals surface area contributed by atoms with Gasteiger partial charge in [-0.05, 0) is 36.8 Å². The molecule has 2 rings (SSSR count). The highest BCUT2D eigenvalue weighted by Gasteiger charge is 2.12. The van der Waals surface area contributed by atoms with Gasteiger partial charge in [0, 0.05) is 0 Å². The Kier molecular flexibility index (Phi) is 3.64. The lowest BCUT2D eigenvalue weighted by Crippen LogP contribution is -2.20. The van der Waals surface area contributed by atoms with Crippen LogP contribution in [0.4, 0.5) is 17.1 Å². The fraction of sp³-hybridized carbons (Fsp3) is 0.0769. The summed E-state index contributed by atoms with van der Waals surface area (Å²) in [6.45, 7) is 1.91. The number of rotatable bonds is 3. The van der Waals surface area contributed by atoms with Crippen molar-refractivity contribution in [1.29, 1.82) is 0 Å². The van der Waals surface area contributed by atoms with Crippen molar-refractivity contribution in [2.24, 2.45) is 0 Å². The third-order valence-corrected chi connectivity index (χ3v) is 3.25. The third-order valence-electron chi connectivity index (χ3n) is 2.54. The van der Waals surface area contributed by atoms with E-state index in [0.29, 0.717) is 17.1 Å². The van der Waals surface area contributed by atoms with Gasteiger partial charge in [-0.1, -0.05) is 24.3 Å². The van der Waals surface area contributed by atoms with E-state index in [4.69, 9.17) is 5.73 Å². The lowest BCUT2D eigenvalue weighted by Gasteiger charge is -2.27. The summed E-state index contributed by atoms with van der Waals surface area (Å²) >= 11 is -2.42. The molecular formula is C13H13N2O2S-. The molecule has 0 saturated carbocycles. The molecule has 0 heterocycles. The average molecular weight is 261 g/mol. The van der Waals surface area contributed by atoms with Crippen molar-refractivity contribution in [3.8, 4) is 0 Å². The van der Waals surface area contributed by atoms with E-state index >= 15 is 0 Å². The monoisotopic (exact) mass is 261 g/mol. The number of nitrogens with two attached hydrogens (primary N) is 1. The smallest absolute Gasteiger partial charge is 0.0767 e. The molecule has 5 heteroatoms. The molecule has 0 spiro atoms. The molecule has 1 unspecified atom stereocenters. The summed E-state index contributed by atoms with van der Waals surface area (Å²) in [7, 11) is 0. The minimum Gasteiger partial charge on any atom is -0.755 e. The van der Waals surface area contributed by atoms with Crippen molar-refractivity contribution in [2.75, 3.05) is 10.0 Å². The van der Waals surface area contributed by atoms with E-state index in [9.17, 15) is 8.76 Å². The molecule has 18 heavy (non-hydrogen) atoms. The molecule has 0 bridgehead atoms. The summed E-state index contributed by atoms with van der Waals surface area (Å²) in [6.07, 6.45) is 0. The fourth-order valence-electron chi connectivity index (χ4n) is 1.73. The Morgan fingerprint density at radius 1 is 1.17 bits per heavy atom. The maximum absolute atomic E-state index is 11.4. The number of hydrogen-bond acceptors (Lipinski definition) is 3. The molecule has 0 aliphatic rings. The molecule has 1 atom stereocenters. The molecule has 0 aromatic heterocycles. The Labute approximate surface area is 108 Å². The molecule has 94 valence electrons. The number of benzene rings is 2. The van der Waals surface area contributed by atoms with Gasteiger partial charge in [-0.3, -0.25) is 8.51 Å². The molecular weight excluding hydrogens is 248 g/mol. The highest BCUT2D eigenvalue weighted by molar-refractivity contribution is 7.81. The zero-order chi connectivity index (χ0) is 13.1. The minimum atomic E-state index is -2.42. The average Bonchev–Trinajstić information content (AvgIpc) is 2.32. The van der Waals surface area contributed by atoms with E-state index in [-0.39, 0.29) is 0 Å². The SMILES string of the molecule is Cc1cccc(N(c2ccccc2N)S(=O)[O-])c1. The van der Waals surface area contributed by atoms with Gasteiger partial charge < -0.3 is 10.3 Å². The quantitative estimate of drug-likeness (QED) is 0.681. The number of aryl methyl sites for hydroxylation is 1. The molecule has 0 radical (unpaired) electrons. The molecule has 0 aliphatic heterocycles. The second-order valence-corrected chi connectivity index (χ2v) is 4.71. The van der Waals surface area contributed by atoms with Crippen LogP contribution in [0.2, 0.25) is 0 Å². The molecule has 0 fully saturated rings. The van der Waals surface area contributed by atoms with Gasteiger partial charge in [0.2, 0.25) is 0 Å². The third kappa shape index (κ3) is 2.52. The van der Waals surface area contributed by atoms with Gasteiger partial charge in [-0.15, -0.1) is 0 Å². The Hall–Kier alpha value is -1.85. The van der Waals surface area contributed by atoms with Crippen LogP contribution in [0.3, 0.4) is 0 Å². The lowest BCUT2D eigenvalue weighted by atomic mass is 10.2. The van der Waals surface area contributed by atoms with Gasteiger partial charge in [-0.25, -0.2) is 0 Å². The van der Waals surface area contributed by atoms with Crippen LogP contribution in [0, 0.1) is 6.92 Å². The van der Waals surface area contributed by atoms with Gasteiger partial charge >= 0.3 is 0 Å². The van der Waals surface area contributed by atoms with E-state index < -0.39 is 11.3 Å². The van der Waals surface area contributed by atoms with E-state index in [1.54, 1.807) is 36.4 Å². The first-order valence-electron chi connectivity index (χ1n) is 5.40. The summed E-state index contributed by atoms with van der Waals surface area (Å²) in [6, 6.07) is 14.1. The van der Waals surface area contributed by atoms with Crippen molar-refractivity contribution in [1.82, 2.24) is 0 Å². The van der Waals surface area contributed by atoms with Crippen LogP contribution in [-0.4, -0.2) is 8.76 Å². The van der Waals surface area contributed by atoms with Crippen LogP contribution in [0.25, 0.3) is 0 Å². The van der Waals surface area contributed by atoms with Crippen LogP contribution in [0.15, 0.2) is 48.5 Å². The zero-order valence-corrected chi connectivity index (χ0v) is 10.7. The Morgan fingerprint density at radius 2 is 1.89 bits per heavy atom.